The maximum atomic E-state index is 14.1. The summed E-state index contributed by atoms with van der Waals surface area (Å²) in [7, 11) is -1.64. The molecule has 0 bridgehead atoms. The summed E-state index contributed by atoms with van der Waals surface area (Å²) in [6, 6.07) is 3.11. The fourth-order valence-electron chi connectivity index (χ4n) is 2.14. The highest BCUT2D eigenvalue weighted by Gasteiger charge is 2.33. The summed E-state index contributed by atoms with van der Waals surface area (Å²) < 4.78 is 76.8. The maximum Gasteiger partial charge on any atom is 0.434 e. The molecule has 0 radical (unpaired) electrons. The summed E-state index contributed by atoms with van der Waals surface area (Å²) in [6.45, 7) is 0. The molecular weight excluding hydrogens is 432 g/mol. The normalized spacial score (nSPS) is 11.7. The molecule has 1 heterocycles. The quantitative estimate of drug-likeness (QED) is 0.364. The van der Waals surface area contributed by atoms with Crippen LogP contribution in [0.25, 0.3) is 0 Å². The first-order valence-corrected chi connectivity index (χ1v) is 9.68. The molecule has 1 amide bonds. The molecule has 162 valence electrons. The Kier molecular flexibility index (Phi) is 6.60. The lowest BCUT2D eigenvalue weighted by Crippen LogP contribution is -2.40. The molecule has 0 fully saturated rings. The maximum absolute atomic E-state index is 14.1. The fourth-order valence-corrected chi connectivity index (χ4v) is 3.32. The molecule has 0 unspecified atom stereocenters. The highest BCUT2D eigenvalue weighted by molar-refractivity contribution is 7.88. The molecule has 14 heteroatoms. The number of halogens is 4. The number of hydrogen-bond acceptors (Lipinski definition) is 6. The van der Waals surface area contributed by atoms with Crippen molar-refractivity contribution < 1.29 is 30.8 Å². The van der Waals surface area contributed by atoms with Gasteiger partial charge < -0.3 is 10.6 Å². The van der Waals surface area contributed by atoms with E-state index in [9.17, 15) is 30.8 Å². The van der Waals surface area contributed by atoms with Gasteiger partial charge in [-0.15, -0.1) is 0 Å². The van der Waals surface area contributed by atoms with E-state index >= 15 is 0 Å². The van der Waals surface area contributed by atoms with Crippen LogP contribution in [0.5, 0.6) is 0 Å². The molecule has 1 aromatic heterocycles. The second-order valence-electron chi connectivity index (χ2n) is 5.87. The van der Waals surface area contributed by atoms with Crippen molar-refractivity contribution in [2.45, 2.75) is 11.9 Å². The molecule has 0 spiro atoms. The van der Waals surface area contributed by atoms with Crippen molar-refractivity contribution in [1.29, 1.82) is 5.41 Å². The summed E-state index contributed by atoms with van der Waals surface area (Å²) >= 11 is 0. The predicted octanol–water partition coefficient (Wildman–Crippen LogP) is 1.80. The first kappa shape index (κ1) is 23.0. The van der Waals surface area contributed by atoms with Crippen molar-refractivity contribution in [3.8, 4) is 0 Å². The van der Waals surface area contributed by atoms with Gasteiger partial charge in [-0.3, -0.25) is 10.2 Å². The minimum atomic E-state index is -4.71. The molecule has 30 heavy (non-hydrogen) atoms. The van der Waals surface area contributed by atoms with Crippen LogP contribution >= 0.6 is 0 Å². The minimum absolute atomic E-state index is 0.0142. The molecule has 0 saturated carbocycles. The summed E-state index contributed by atoms with van der Waals surface area (Å²) in [5, 5.41) is 12.1. The van der Waals surface area contributed by atoms with E-state index in [4.69, 9.17) is 5.41 Å². The Morgan fingerprint density at radius 1 is 1.23 bits per heavy atom. The summed E-state index contributed by atoms with van der Waals surface area (Å²) in [5.41, 5.74) is -2.00. The Morgan fingerprint density at radius 2 is 1.90 bits per heavy atom. The first-order chi connectivity index (χ1) is 13.8. The monoisotopic (exact) mass is 448 g/mol. The molecule has 0 aliphatic rings. The van der Waals surface area contributed by atoms with E-state index in [2.05, 4.69) is 20.6 Å². The summed E-state index contributed by atoms with van der Waals surface area (Å²) in [5.74, 6) is -3.02. The van der Waals surface area contributed by atoms with Gasteiger partial charge in [0.2, 0.25) is 16.0 Å². The number of hydrogen-bond donors (Lipinski definition) is 3. The average Bonchev–Trinajstić information content (AvgIpc) is 2.68. The van der Waals surface area contributed by atoms with Gasteiger partial charge in [-0.2, -0.15) is 13.2 Å². The van der Waals surface area contributed by atoms with Crippen molar-refractivity contribution >= 4 is 27.6 Å². The number of sulfonamides is 1. The van der Waals surface area contributed by atoms with Crippen molar-refractivity contribution in [2.75, 3.05) is 19.4 Å². The van der Waals surface area contributed by atoms with Gasteiger partial charge >= 0.3 is 6.18 Å². The lowest BCUT2D eigenvalue weighted by atomic mass is 10.2. The zero-order valence-electron chi connectivity index (χ0n) is 15.6. The number of alkyl halides is 3. The van der Waals surface area contributed by atoms with Gasteiger partial charge in [0, 0.05) is 25.3 Å². The Hall–Kier alpha value is -3.29. The topological polar surface area (TPSA) is 128 Å². The molecule has 0 aliphatic heterocycles. The second-order valence-corrected chi connectivity index (χ2v) is 7.87. The number of anilines is 1. The van der Waals surface area contributed by atoms with Crippen LogP contribution < -0.4 is 10.6 Å². The molecule has 1 aromatic carbocycles. The number of nitrogens with one attached hydrogen (secondary N) is 3. The Balaban J connectivity index is 2.20. The number of rotatable bonds is 5. The van der Waals surface area contributed by atoms with E-state index in [0.29, 0.717) is 16.7 Å². The van der Waals surface area contributed by atoms with Gasteiger partial charge in [-0.25, -0.2) is 27.1 Å². The van der Waals surface area contributed by atoms with Crippen molar-refractivity contribution in [1.82, 2.24) is 19.6 Å². The molecule has 3 N–H and O–H groups in total. The highest BCUT2D eigenvalue weighted by atomic mass is 32.2. The standard InChI is InChI=1S/C16H16F4N6O3S/c1-22-15(21)26(2)30(28,29)8-9-5-10(3-4-11(9)17)25-14(27)12-6-24-13(7-23-12)16(18,19)20/h3-7H,8H2,1-2H3,(H2,21,22)(H,25,27). The number of carbonyl (C=O) groups is 1. The lowest BCUT2D eigenvalue weighted by Gasteiger charge is -2.19. The average molecular weight is 448 g/mol. The zero-order valence-corrected chi connectivity index (χ0v) is 16.4. The van der Waals surface area contributed by atoms with Crippen LogP contribution in [0.15, 0.2) is 30.6 Å². The predicted molar refractivity (Wildman–Crippen MR) is 98.6 cm³/mol. The van der Waals surface area contributed by atoms with Crippen LogP contribution in [0.2, 0.25) is 0 Å². The fraction of sp³-hybridized carbons (Fsp3) is 0.250. The third-order valence-electron chi connectivity index (χ3n) is 3.79. The summed E-state index contributed by atoms with van der Waals surface area (Å²) in [6.07, 6.45) is -3.69. The third kappa shape index (κ3) is 5.40. The van der Waals surface area contributed by atoms with E-state index in [1.165, 1.54) is 7.05 Å². The van der Waals surface area contributed by atoms with Crippen LogP contribution in [0, 0.1) is 11.2 Å². The number of benzene rings is 1. The Labute approximate surface area is 168 Å². The van der Waals surface area contributed by atoms with Crippen molar-refractivity contribution in [3.05, 3.63) is 53.4 Å². The number of aromatic nitrogens is 2. The van der Waals surface area contributed by atoms with Gasteiger partial charge in [0.15, 0.2) is 5.69 Å². The molecule has 0 atom stereocenters. The smallest absolute Gasteiger partial charge is 0.359 e. The van der Waals surface area contributed by atoms with Crippen LogP contribution in [0.4, 0.5) is 23.2 Å². The molecular formula is C16H16F4N6O3S. The molecule has 2 rings (SSSR count). The van der Waals surface area contributed by atoms with Gasteiger partial charge in [-0.1, -0.05) is 0 Å². The van der Waals surface area contributed by atoms with E-state index in [1.54, 1.807) is 0 Å². The Bertz CT molecular complexity index is 1060. The lowest BCUT2D eigenvalue weighted by molar-refractivity contribution is -0.141. The third-order valence-corrected chi connectivity index (χ3v) is 5.48. The number of amides is 1. The van der Waals surface area contributed by atoms with Crippen LogP contribution in [0.3, 0.4) is 0 Å². The van der Waals surface area contributed by atoms with Crippen LogP contribution in [0.1, 0.15) is 21.7 Å². The van der Waals surface area contributed by atoms with Crippen LogP contribution in [-0.2, 0) is 22.0 Å². The highest BCUT2D eigenvalue weighted by Crippen LogP contribution is 2.26. The van der Waals surface area contributed by atoms with E-state index in [0.717, 1.165) is 25.2 Å². The molecule has 0 aliphatic carbocycles. The van der Waals surface area contributed by atoms with Gasteiger partial charge in [0.1, 0.15) is 11.5 Å². The number of guanidine groups is 1. The van der Waals surface area contributed by atoms with Crippen molar-refractivity contribution in [2.24, 2.45) is 0 Å². The minimum Gasteiger partial charge on any atom is -0.359 e. The van der Waals surface area contributed by atoms with Gasteiger partial charge in [0.05, 0.1) is 18.1 Å². The molecule has 0 saturated heterocycles. The van der Waals surface area contributed by atoms with Gasteiger partial charge in [-0.05, 0) is 18.2 Å². The Morgan fingerprint density at radius 3 is 2.43 bits per heavy atom. The molecule has 2 aromatic rings. The van der Waals surface area contributed by atoms with Gasteiger partial charge in [0.25, 0.3) is 5.91 Å². The van der Waals surface area contributed by atoms with E-state index in [-0.39, 0.29) is 11.3 Å². The first-order valence-electron chi connectivity index (χ1n) is 8.07. The van der Waals surface area contributed by atoms with Crippen molar-refractivity contribution in [3.63, 3.8) is 0 Å². The van der Waals surface area contributed by atoms with E-state index < -0.39 is 51.0 Å². The SMILES string of the molecule is CNC(=N)N(C)S(=O)(=O)Cc1cc(NC(=O)c2cnc(C(F)(F)F)cn2)ccc1F. The number of nitrogens with zero attached hydrogens (tertiary/aromatic N) is 3. The number of carbonyl (C=O) groups excluding carboxylic acids is 1. The van der Waals surface area contributed by atoms with Crippen LogP contribution in [-0.4, -0.2) is 48.7 Å². The summed E-state index contributed by atoms with van der Waals surface area (Å²) in [4.78, 5) is 18.6. The second kappa shape index (κ2) is 8.61. The van der Waals surface area contributed by atoms with E-state index in [1.807, 2.05) is 0 Å². The largest absolute Gasteiger partial charge is 0.434 e. The molecule has 9 nitrogen and oxygen atoms in total. The zero-order chi connectivity index (χ0) is 22.7.